The van der Waals surface area contributed by atoms with Crippen molar-refractivity contribution in [2.75, 3.05) is 11.9 Å². The molecule has 7 heteroatoms. The number of aryl methyl sites for hydroxylation is 1. The van der Waals surface area contributed by atoms with E-state index in [1.807, 2.05) is 31.3 Å². The molecular weight excluding hydrogens is 526 g/mol. The summed E-state index contributed by atoms with van der Waals surface area (Å²) in [6.07, 6.45) is 7.60. The average molecular weight is 560 g/mol. The van der Waals surface area contributed by atoms with Gasteiger partial charge in [-0.3, -0.25) is 15.1 Å². The van der Waals surface area contributed by atoms with Gasteiger partial charge >= 0.3 is 0 Å². The van der Waals surface area contributed by atoms with Gasteiger partial charge < -0.3 is 14.8 Å². The van der Waals surface area contributed by atoms with Crippen molar-refractivity contribution in [3.05, 3.63) is 135 Å². The van der Waals surface area contributed by atoms with Crippen molar-refractivity contribution in [2.24, 2.45) is 10.9 Å². The molecule has 2 aliphatic rings. The molecule has 0 bridgehead atoms. The van der Waals surface area contributed by atoms with Crippen LogP contribution in [0.15, 0.2) is 102 Å². The normalized spacial score (nSPS) is 18.8. The molecule has 0 radical (unpaired) electrons. The highest BCUT2D eigenvalue weighted by molar-refractivity contribution is 5.83. The van der Waals surface area contributed by atoms with E-state index in [1.54, 1.807) is 12.1 Å². The van der Waals surface area contributed by atoms with Crippen molar-refractivity contribution in [3.63, 3.8) is 0 Å². The summed E-state index contributed by atoms with van der Waals surface area (Å²) in [5.41, 5.74) is 7.86. The molecule has 1 aliphatic carbocycles. The summed E-state index contributed by atoms with van der Waals surface area (Å²) in [6, 6.07) is 27.5. The van der Waals surface area contributed by atoms with Crippen LogP contribution in [0.5, 0.6) is 11.5 Å². The van der Waals surface area contributed by atoms with Crippen molar-refractivity contribution in [3.8, 4) is 11.5 Å². The van der Waals surface area contributed by atoms with E-state index in [0.717, 1.165) is 23.2 Å². The topological polar surface area (TPSA) is 86.0 Å². The van der Waals surface area contributed by atoms with Gasteiger partial charge in [-0.1, -0.05) is 42.0 Å². The van der Waals surface area contributed by atoms with E-state index in [9.17, 15) is 10.1 Å². The van der Waals surface area contributed by atoms with Crippen LogP contribution in [-0.2, 0) is 6.61 Å². The Balaban J connectivity index is 1.13. The number of nitro groups is 1. The van der Waals surface area contributed by atoms with E-state index in [-0.39, 0.29) is 18.3 Å². The number of allylic oxidation sites excluding steroid dienone is 2. The molecule has 1 aliphatic heterocycles. The second-order valence-corrected chi connectivity index (χ2v) is 10.8. The van der Waals surface area contributed by atoms with Crippen LogP contribution >= 0.6 is 0 Å². The van der Waals surface area contributed by atoms with Crippen molar-refractivity contribution in [1.29, 1.82) is 0 Å². The van der Waals surface area contributed by atoms with E-state index in [1.165, 1.54) is 34.5 Å². The van der Waals surface area contributed by atoms with E-state index < -0.39 is 4.92 Å². The summed E-state index contributed by atoms with van der Waals surface area (Å²) in [5, 5.41) is 14.7. The van der Waals surface area contributed by atoms with Crippen molar-refractivity contribution in [1.82, 2.24) is 0 Å². The zero-order chi connectivity index (χ0) is 29.1. The molecule has 0 unspecified atom stereocenters. The average Bonchev–Trinajstić information content (AvgIpc) is 3.51. The Hall–Kier alpha value is -4.91. The Kier molecular flexibility index (Phi) is 7.73. The number of rotatable bonds is 9. The summed E-state index contributed by atoms with van der Waals surface area (Å²) in [7, 11) is 0. The van der Waals surface area contributed by atoms with Gasteiger partial charge in [0.1, 0.15) is 6.61 Å². The highest BCUT2D eigenvalue weighted by Crippen LogP contribution is 2.50. The summed E-state index contributed by atoms with van der Waals surface area (Å²) < 4.78 is 11.8. The summed E-state index contributed by atoms with van der Waals surface area (Å²) >= 11 is 0. The van der Waals surface area contributed by atoms with Gasteiger partial charge in [0.15, 0.2) is 11.5 Å². The SMILES string of the molecule is CCOc1cc(C=Nc2ccc([C@@H]3Nc4ccc(C)cc4[C@@H]4C=CC[C@H]43)cc2)ccc1OCc1ccc([N+](=O)[O-])cc1. The number of fused-ring (bicyclic) bond motifs is 3. The maximum absolute atomic E-state index is 10.9. The fourth-order valence-corrected chi connectivity index (χ4v) is 5.83. The minimum atomic E-state index is -0.414. The molecule has 0 amide bonds. The van der Waals surface area contributed by atoms with Gasteiger partial charge in [-0.25, -0.2) is 0 Å². The van der Waals surface area contributed by atoms with Gasteiger partial charge in [-0.05, 0) is 97.0 Å². The molecule has 212 valence electrons. The largest absolute Gasteiger partial charge is 0.490 e. The highest BCUT2D eigenvalue weighted by atomic mass is 16.6. The van der Waals surface area contributed by atoms with Gasteiger partial charge in [0.05, 0.1) is 23.3 Å². The first-order chi connectivity index (χ1) is 20.5. The molecule has 4 aromatic rings. The molecule has 4 aromatic carbocycles. The number of nitrogens with zero attached hydrogens (tertiary/aromatic N) is 2. The number of aliphatic imine (C=N–C) groups is 1. The molecule has 0 aromatic heterocycles. The van der Waals surface area contributed by atoms with Crippen LogP contribution in [0.25, 0.3) is 0 Å². The Morgan fingerprint density at radius 1 is 0.976 bits per heavy atom. The first-order valence-corrected chi connectivity index (χ1v) is 14.3. The van der Waals surface area contributed by atoms with E-state index in [4.69, 9.17) is 14.5 Å². The molecule has 42 heavy (non-hydrogen) atoms. The van der Waals surface area contributed by atoms with Crippen molar-refractivity contribution >= 4 is 23.3 Å². The lowest BCUT2D eigenvalue weighted by Gasteiger charge is -2.37. The molecule has 1 N–H and O–H groups in total. The summed E-state index contributed by atoms with van der Waals surface area (Å²) in [6.45, 7) is 4.85. The van der Waals surface area contributed by atoms with Crippen LogP contribution < -0.4 is 14.8 Å². The summed E-state index contributed by atoms with van der Waals surface area (Å²) in [5.74, 6) is 2.18. The third kappa shape index (κ3) is 5.77. The second kappa shape index (κ2) is 11.9. The number of nitrogens with one attached hydrogen (secondary N) is 1. The predicted molar refractivity (Wildman–Crippen MR) is 166 cm³/mol. The molecule has 7 nitrogen and oxygen atoms in total. The number of anilines is 1. The lowest BCUT2D eigenvalue weighted by atomic mass is 9.76. The fourth-order valence-electron chi connectivity index (χ4n) is 5.83. The quantitative estimate of drug-likeness (QED) is 0.0962. The Bertz CT molecular complexity index is 1640. The number of hydrogen-bond donors (Lipinski definition) is 1. The van der Waals surface area contributed by atoms with Gasteiger partial charge in [0.2, 0.25) is 0 Å². The number of nitro benzene ring substituents is 1. The minimum Gasteiger partial charge on any atom is -0.490 e. The zero-order valence-electron chi connectivity index (χ0n) is 23.7. The van der Waals surface area contributed by atoms with Crippen molar-refractivity contribution < 1.29 is 14.4 Å². The lowest BCUT2D eigenvalue weighted by molar-refractivity contribution is -0.384. The van der Waals surface area contributed by atoms with Crippen LogP contribution in [-0.4, -0.2) is 17.7 Å². The molecule has 1 heterocycles. The third-order valence-electron chi connectivity index (χ3n) is 7.94. The molecule has 0 spiro atoms. The van der Waals surface area contributed by atoms with Crippen LogP contribution in [0.2, 0.25) is 0 Å². The highest BCUT2D eigenvalue weighted by Gasteiger charge is 2.37. The Morgan fingerprint density at radius 2 is 1.79 bits per heavy atom. The molecular formula is C35H33N3O4. The Morgan fingerprint density at radius 3 is 2.55 bits per heavy atom. The second-order valence-electron chi connectivity index (χ2n) is 10.8. The monoisotopic (exact) mass is 559 g/mol. The predicted octanol–water partition coefficient (Wildman–Crippen LogP) is 8.46. The number of benzene rings is 4. The number of ether oxygens (including phenoxy) is 2. The standard InChI is InChI=1S/C35H33N3O4/c1-3-41-34-20-25(10-18-33(34)42-22-24-8-15-28(16-9-24)38(39)40)21-36-27-13-11-26(12-14-27)35-30-6-4-5-29(30)31-19-23(2)7-17-32(31)37-35/h4-5,7-21,29-30,35,37H,3,6,22H2,1-2H3/t29-,30-,35+/m1/s1. The van der Waals surface area contributed by atoms with Crippen LogP contribution in [0.3, 0.4) is 0 Å². The zero-order valence-corrected chi connectivity index (χ0v) is 23.7. The molecule has 0 fully saturated rings. The van der Waals surface area contributed by atoms with E-state index >= 15 is 0 Å². The number of hydrogen-bond acceptors (Lipinski definition) is 6. The molecule has 3 atom stereocenters. The number of non-ortho nitro benzene ring substituents is 1. The minimum absolute atomic E-state index is 0.0540. The summed E-state index contributed by atoms with van der Waals surface area (Å²) in [4.78, 5) is 15.2. The molecule has 0 saturated carbocycles. The maximum Gasteiger partial charge on any atom is 0.269 e. The maximum atomic E-state index is 10.9. The first-order valence-electron chi connectivity index (χ1n) is 14.3. The van der Waals surface area contributed by atoms with Gasteiger partial charge in [-0.15, -0.1) is 0 Å². The first kappa shape index (κ1) is 27.3. The van der Waals surface area contributed by atoms with Crippen molar-refractivity contribution in [2.45, 2.75) is 38.8 Å². The van der Waals surface area contributed by atoms with E-state index in [0.29, 0.717) is 29.9 Å². The molecule has 0 saturated heterocycles. The van der Waals surface area contributed by atoms with Gasteiger partial charge in [0, 0.05) is 30.0 Å². The smallest absolute Gasteiger partial charge is 0.269 e. The lowest BCUT2D eigenvalue weighted by Crippen LogP contribution is -2.29. The van der Waals surface area contributed by atoms with E-state index in [2.05, 4.69) is 66.9 Å². The third-order valence-corrected chi connectivity index (χ3v) is 7.94. The van der Waals surface area contributed by atoms with Gasteiger partial charge in [0.25, 0.3) is 5.69 Å². The van der Waals surface area contributed by atoms with Crippen LogP contribution in [0.4, 0.5) is 17.1 Å². The fraction of sp³-hybridized carbons (Fsp3) is 0.229. The molecule has 6 rings (SSSR count). The van der Waals surface area contributed by atoms with Crippen LogP contribution in [0, 0.1) is 23.0 Å². The van der Waals surface area contributed by atoms with Gasteiger partial charge in [-0.2, -0.15) is 0 Å². The van der Waals surface area contributed by atoms with Crippen LogP contribution in [0.1, 0.15) is 53.1 Å². The Labute approximate surface area is 245 Å².